The van der Waals surface area contributed by atoms with Crippen molar-refractivity contribution in [1.82, 2.24) is 14.7 Å². The van der Waals surface area contributed by atoms with E-state index in [0.29, 0.717) is 32.5 Å². The molecule has 7 heteroatoms. The van der Waals surface area contributed by atoms with Crippen molar-refractivity contribution in [3.63, 3.8) is 0 Å². The Morgan fingerprint density at radius 2 is 2.12 bits per heavy atom. The molecule has 2 aliphatic rings. The van der Waals surface area contributed by atoms with Crippen LogP contribution in [0.15, 0.2) is 10.9 Å². The fourth-order valence-corrected chi connectivity index (χ4v) is 3.78. The summed E-state index contributed by atoms with van der Waals surface area (Å²) in [5.74, 6) is -0.480. The zero-order chi connectivity index (χ0) is 18.0. The Morgan fingerprint density at radius 3 is 2.88 bits per heavy atom. The van der Waals surface area contributed by atoms with Crippen LogP contribution in [-0.4, -0.2) is 46.3 Å². The number of rotatable bonds is 3. The zero-order valence-corrected chi connectivity index (χ0v) is 14.9. The quantitative estimate of drug-likeness (QED) is 0.752. The highest BCUT2D eigenvalue weighted by molar-refractivity contribution is 5.81. The van der Waals surface area contributed by atoms with E-state index >= 15 is 0 Å². The number of aryl methyl sites for hydroxylation is 2. The van der Waals surface area contributed by atoms with Crippen LogP contribution in [0.2, 0.25) is 0 Å². The van der Waals surface area contributed by atoms with Gasteiger partial charge >= 0.3 is 5.97 Å². The van der Waals surface area contributed by atoms with Gasteiger partial charge in [-0.25, -0.2) is 4.68 Å². The summed E-state index contributed by atoms with van der Waals surface area (Å²) in [5.41, 5.74) is 1.65. The lowest BCUT2D eigenvalue weighted by Gasteiger charge is -2.35. The van der Waals surface area contributed by atoms with Crippen LogP contribution in [0, 0.1) is 11.8 Å². The van der Waals surface area contributed by atoms with Gasteiger partial charge in [-0.2, -0.15) is 5.10 Å². The molecule has 0 unspecified atom stereocenters. The minimum absolute atomic E-state index is 0.0836. The first-order valence-corrected chi connectivity index (χ1v) is 9.01. The van der Waals surface area contributed by atoms with E-state index in [9.17, 15) is 14.4 Å². The molecule has 0 bridgehead atoms. The molecular formula is C18H25N3O4. The summed E-state index contributed by atoms with van der Waals surface area (Å²) in [5, 5.41) is 4.29. The van der Waals surface area contributed by atoms with E-state index in [1.807, 2.05) is 0 Å². The van der Waals surface area contributed by atoms with Crippen LogP contribution in [0.1, 0.15) is 37.4 Å². The van der Waals surface area contributed by atoms with Crippen molar-refractivity contribution in [2.45, 2.75) is 39.0 Å². The molecule has 1 aromatic rings. The lowest BCUT2D eigenvalue weighted by atomic mass is 9.85. The number of hydrogen-bond donors (Lipinski definition) is 0. The normalized spacial score (nSPS) is 23.0. The number of fused-ring (bicyclic) bond motifs is 1. The van der Waals surface area contributed by atoms with Gasteiger partial charge in [-0.3, -0.25) is 14.4 Å². The Balaban J connectivity index is 1.68. The fraction of sp³-hybridized carbons (Fsp3) is 0.667. The summed E-state index contributed by atoms with van der Waals surface area (Å²) in [6.45, 7) is 3.29. The van der Waals surface area contributed by atoms with Crippen molar-refractivity contribution in [2.24, 2.45) is 18.9 Å². The molecular weight excluding hydrogens is 322 g/mol. The van der Waals surface area contributed by atoms with Gasteiger partial charge in [0.2, 0.25) is 5.91 Å². The Labute approximate surface area is 147 Å². The van der Waals surface area contributed by atoms with E-state index in [1.165, 1.54) is 4.68 Å². The first-order valence-electron chi connectivity index (χ1n) is 9.01. The molecule has 0 radical (unpaired) electrons. The molecule has 1 amide bonds. The number of piperidine rings is 1. The molecule has 1 fully saturated rings. The smallest absolute Gasteiger partial charge is 0.310 e. The van der Waals surface area contributed by atoms with E-state index in [2.05, 4.69) is 5.10 Å². The molecule has 0 saturated carbocycles. The van der Waals surface area contributed by atoms with Crippen LogP contribution >= 0.6 is 0 Å². The number of amides is 1. The highest BCUT2D eigenvalue weighted by Gasteiger charge is 2.34. The fourth-order valence-electron chi connectivity index (χ4n) is 3.78. The summed E-state index contributed by atoms with van der Waals surface area (Å²) < 4.78 is 6.45. The second-order valence-corrected chi connectivity index (χ2v) is 6.89. The number of likely N-dealkylation sites (tertiary alicyclic amines) is 1. The van der Waals surface area contributed by atoms with Gasteiger partial charge in [0.25, 0.3) is 5.56 Å². The maximum Gasteiger partial charge on any atom is 0.310 e. The molecule has 1 saturated heterocycles. The number of nitrogens with zero attached hydrogens (tertiary/aromatic N) is 3. The van der Waals surface area contributed by atoms with E-state index < -0.39 is 0 Å². The summed E-state index contributed by atoms with van der Waals surface area (Å²) in [4.78, 5) is 38.5. The largest absolute Gasteiger partial charge is 0.466 e. The Hall–Kier alpha value is -2.18. The highest BCUT2D eigenvalue weighted by Crippen LogP contribution is 2.27. The molecule has 2 atom stereocenters. The molecule has 1 aromatic heterocycles. The van der Waals surface area contributed by atoms with Crippen molar-refractivity contribution in [1.29, 1.82) is 0 Å². The average Bonchev–Trinajstić information content (AvgIpc) is 2.62. The standard InChI is InChI=1S/C18H25N3O4/c1-3-25-18(24)13-5-4-8-21(11-13)17(23)12-6-7-15-14(9-12)10-16(22)20(2)19-15/h10,12-13H,3-9,11H2,1-2H3/t12-,13+/m0/s1. The Bertz CT molecular complexity index is 728. The van der Waals surface area contributed by atoms with Gasteiger partial charge in [-0.15, -0.1) is 0 Å². The number of carbonyl (C=O) groups is 2. The highest BCUT2D eigenvalue weighted by atomic mass is 16.5. The van der Waals surface area contributed by atoms with Gasteiger partial charge < -0.3 is 9.64 Å². The number of carbonyl (C=O) groups excluding carboxylic acids is 2. The number of hydrogen-bond acceptors (Lipinski definition) is 5. The van der Waals surface area contributed by atoms with Crippen molar-refractivity contribution in [3.05, 3.63) is 27.7 Å². The van der Waals surface area contributed by atoms with Crippen LogP contribution < -0.4 is 5.56 Å². The second-order valence-electron chi connectivity index (χ2n) is 6.89. The number of ether oxygens (including phenoxy) is 1. The maximum atomic E-state index is 12.9. The first kappa shape index (κ1) is 17.6. The van der Waals surface area contributed by atoms with Crippen molar-refractivity contribution >= 4 is 11.9 Å². The van der Waals surface area contributed by atoms with Crippen LogP contribution in [0.25, 0.3) is 0 Å². The van der Waals surface area contributed by atoms with Crippen LogP contribution in [0.3, 0.4) is 0 Å². The third-order valence-corrected chi connectivity index (χ3v) is 5.16. The zero-order valence-electron chi connectivity index (χ0n) is 14.9. The van der Waals surface area contributed by atoms with Gasteiger partial charge in [-0.05, 0) is 44.6 Å². The molecule has 0 N–H and O–H groups in total. The lowest BCUT2D eigenvalue weighted by molar-refractivity contribution is -0.152. The second kappa shape index (κ2) is 7.37. The molecule has 2 heterocycles. The molecule has 1 aliphatic carbocycles. The Morgan fingerprint density at radius 1 is 1.32 bits per heavy atom. The van der Waals surface area contributed by atoms with E-state index in [1.54, 1.807) is 24.9 Å². The Kier molecular flexibility index (Phi) is 5.20. The topological polar surface area (TPSA) is 81.5 Å². The maximum absolute atomic E-state index is 12.9. The van der Waals surface area contributed by atoms with Crippen LogP contribution in [-0.2, 0) is 34.2 Å². The predicted molar refractivity (Wildman–Crippen MR) is 90.9 cm³/mol. The van der Waals surface area contributed by atoms with Crippen molar-refractivity contribution in [3.8, 4) is 0 Å². The van der Waals surface area contributed by atoms with Gasteiger partial charge in [0, 0.05) is 32.1 Å². The van der Waals surface area contributed by atoms with Crippen LogP contribution in [0.5, 0.6) is 0 Å². The molecule has 1 aliphatic heterocycles. The van der Waals surface area contributed by atoms with E-state index in [-0.39, 0.29) is 29.3 Å². The SMILES string of the molecule is CCOC(=O)[C@@H]1CCCN(C(=O)[C@H]2CCc3nn(C)c(=O)cc3C2)C1. The van der Waals surface area contributed by atoms with E-state index in [4.69, 9.17) is 4.74 Å². The van der Waals surface area contributed by atoms with Gasteiger partial charge in [0.15, 0.2) is 0 Å². The minimum Gasteiger partial charge on any atom is -0.466 e. The third kappa shape index (κ3) is 3.75. The van der Waals surface area contributed by atoms with Gasteiger partial charge in [-0.1, -0.05) is 0 Å². The number of esters is 1. The molecule has 25 heavy (non-hydrogen) atoms. The molecule has 0 aromatic carbocycles. The summed E-state index contributed by atoms with van der Waals surface area (Å²) >= 11 is 0. The monoisotopic (exact) mass is 347 g/mol. The summed E-state index contributed by atoms with van der Waals surface area (Å²) in [6.07, 6.45) is 3.58. The van der Waals surface area contributed by atoms with E-state index in [0.717, 1.165) is 30.5 Å². The van der Waals surface area contributed by atoms with Gasteiger partial charge in [0.1, 0.15) is 0 Å². The lowest BCUT2D eigenvalue weighted by Crippen LogP contribution is -2.46. The predicted octanol–water partition coefficient (Wildman–Crippen LogP) is 0.687. The summed E-state index contributed by atoms with van der Waals surface area (Å²) in [7, 11) is 1.64. The first-order chi connectivity index (χ1) is 12.0. The number of aromatic nitrogens is 2. The molecule has 0 spiro atoms. The molecule has 7 nitrogen and oxygen atoms in total. The third-order valence-electron chi connectivity index (χ3n) is 5.16. The molecule has 136 valence electrons. The minimum atomic E-state index is -0.220. The average molecular weight is 347 g/mol. The van der Waals surface area contributed by atoms with Crippen molar-refractivity contribution in [2.75, 3.05) is 19.7 Å². The summed E-state index contributed by atoms with van der Waals surface area (Å²) in [6, 6.07) is 1.60. The van der Waals surface area contributed by atoms with Gasteiger partial charge in [0.05, 0.1) is 18.2 Å². The molecule has 3 rings (SSSR count). The van der Waals surface area contributed by atoms with Crippen LogP contribution in [0.4, 0.5) is 0 Å². The van der Waals surface area contributed by atoms with Crippen molar-refractivity contribution < 1.29 is 14.3 Å².